The van der Waals surface area contributed by atoms with Gasteiger partial charge in [0.1, 0.15) is 5.58 Å². The van der Waals surface area contributed by atoms with Gasteiger partial charge in [-0.25, -0.2) is 4.31 Å². The lowest BCUT2D eigenvalue weighted by Crippen LogP contribution is -2.25. The molecule has 102 valence electrons. The van der Waals surface area contributed by atoms with E-state index in [0.29, 0.717) is 0 Å². The Morgan fingerprint density at radius 1 is 1.10 bits per heavy atom. The molecule has 0 spiro atoms. The van der Waals surface area contributed by atoms with Crippen molar-refractivity contribution in [1.29, 1.82) is 0 Å². The van der Waals surface area contributed by atoms with Crippen molar-refractivity contribution in [3.05, 3.63) is 41.7 Å². The van der Waals surface area contributed by atoms with Gasteiger partial charge in [-0.05, 0) is 47.4 Å². The van der Waals surface area contributed by atoms with Gasteiger partial charge in [0.25, 0.3) is 0 Å². The maximum atomic E-state index is 10.8. The number of carbonyl (C=O) groups excluding carboxylic acids is 1. The van der Waals surface area contributed by atoms with Gasteiger partial charge in [-0.15, -0.1) is 0 Å². The zero-order chi connectivity index (χ0) is 13.5. The summed E-state index contributed by atoms with van der Waals surface area (Å²) in [5.41, 5.74) is 3.75. The summed E-state index contributed by atoms with van der Waals surface area (Å²) < 4.78 is 7.71. The van der Waals surface area contributed by atoms with Crippen molar-refractivity contribution >= 4 is 29.3 Å². The van der Waals surface area contributed by atoms with Crippen molar-refractivity contribution in [3.63, 3.8) is 0 Å². The topological polar surface area (TPSA) is 36.7 Å². The van der Waals surface area contributed by atoms with E-state index >= 15 is 0 Å². The molecule has 0 unspecified atom stereocenters. The number of amides is 1. The Kier molecular flexibility index (Phi) is 2.82. The van der Waals surface area contributed by atoms with Crippen molar-refractivity contribution in [2.75, 3.05) is 26.2 Å². The highest BCUT2D eigenvalue weighted by molar-refractivity contribution is 7.97. The smallest absolute Gasteiger partial charge is 0.210 e. The van der Waals surface area contributed by atoms with E-state index in [0.717, 1.165) is 43.6 Å². The molecule has 4 rings (SSSR count). The average molecular weight is 286 g/mol. The molecule has 0 bridgehead atoms. The Morgan fingerprint density at radius 3 is 2.65 bits per heavy atom. The second-order valence-corrected chi connectivity index (χ2v) is 6.40. The highest BCUT2D eigenvalue weighted by atomic mass is 32.2. The van der Waals surface area contributed by atoms with E-state index in [4.69, 9.17) is 4.42 Å². The van der Waals surface area contributed by atoms with Crippen LogP contribution in [0.5, 0.6) is 0 Å². The summed E-state index contributed by atoms with van der Waals surface area (Å²) in [6.45, 7) is 3.51. The molecule has 1 aromatic heterocycles. The number of furan rings is 1. The molecule has 4 nitrogen and oxygen atoms in total. The van der Waals surface area contributed by atoms with Gasteiger partial charge in [-0.1, -0.05) is 0 Å². The van der Waals surface area contributed by atoms with Gasteiger partial charge in [0, 0.05) is 36.5 Å². The third kappa shape index (κ3) is 2.03. The fourth-order valence-electron chi connectivity index (χ4n) is 2.86. The minimum Gasteiger partial charge on any atom is -0.464 e. The molecule has 0 saturated carbocycles. The van der Waals surface area contributed by atoms with Crippen LogP contribution in [0.4, 0.5) is 0 Å². The van der Waals surface area contributed by atoms with E-state index in [1.165, 1.54) is 16.0 Å². The highest BCUT2D eigenvalue weighted by Crippen LogP contribution is 2.33. The normalized spacial score (nSPS) is 19.1. The molecule has 0 saturated heterocycles. The van der Waals surface area contributed by atoms with E-state index in [2.05, 4.69) is 16.4 Å². The summed E-state index contributed by atoms with van der Waals surface area (Å²) in [5, 5.41) is 1.14. The van der Waals surface area contributed by atoms with E-state index in [9.17, 15) is 4.79 Å². The number of benzene rings is 1. The number of rotatable bonds is 3. The predicted octanol–water partition coefficient (Wildman–Crippen LogP) is 2.52. The van der Waals surface area contributed by atoms with Crippen LogP contribution < -0.4 is 0 Å². The second kappa shape index (κ2) is 4.68. The molecule has 0 radical (unpaired) electrons. The van der Waals surface area contributed by atoms with Crippen molar-refractivity contribution < 1.29 is 9.21 Å². The lowest BCUT2D eigenvalue weighted by atomic mass is 10.2. The third-order valence-corrected chi connectivity index (χ3v) is 4.81. The van der Waals surface area contributed by atoms with Crippen molar-refractivity contribution in [1.82, 2.24) is 9.21 Å². The van der Waals surface area contributed by atoms with Gasteiger partial charge < -0.3 is 9.32 Å². The highest BCUT2D eigenvalue weighted by Gasteiger charge is 2.29. The van der Waals surface area contributed by atoms with E-state index in [1.54, 1.807) is 18.2 Å². The second-order valence-electron chi connectivity index (χ2n) is 5.23. The Labute approximate surface area is 121 Å². The Bertz CT molecular complexity index is 689. The molecule has 0 fully saturated rings. The van der Waals surface area contributed by atoms with Crippen LogP contribution in [0.15, 0.2) is 51.0 Å². The first-order valence-electron chi connectivity index (χ1n) is 6.61. The summed E-state index contributed by atoms with van der Waals surface area (Å²) in [4.78, 5) is 13.8. The van der Waals surface area contributed by atoms with Crippen LogP contribution >= 0.6 is 11.9 Å². The molecule has 5 heteroatoms. The van der Waals surface area contributed by atoms with Crippen LogP contribution in [0.2, 0.25) is 0 Å². The Hall–Kier alpha value is -1.72. The molecule has 0 atom stereocenters. The molecule has 1 aromatic carbocycles. The lowest BCUT2D eigenvalue weighted by molar-refractivity contribution is -0.117. The fourth-order valence-corrected chi connectivity index (χ4v) is 3.91. The first-order chi connectivity index (χ1) is 9.81. The molecule has 2 aliphatic rings. The predicted molar refractivity (Wildman–Crippen MR) is 78.3 cm³/mol. The van der Waals surface area contributed by atoms with Crippen LogP contribution in [0.25, 0.3) is 11.0 Å². The fraction of sp³-hybridized carbons (Fsp3) is 0.267. The number of carbonyl (C=O) groups is 1. The monoisotopic (exact) mass is 286 g/mol. The van der Waals surface area contributed by atoms with Gasteiger partial charge in [-0.3, -0.25) is 4.79 Å². The average Bonchev–Trinajstić information content (AvgIpc) is 3.11. The van der Waals surface area contributed by atoms with Gasteiger partial charge in [0.05, 0.1) is 6.26 Å². The van der Waals surface area contributed by atoms with E-state index < -0.39 is 0 Å². The molecule has 2 aromatic rings. The van der Waals surface area contributed by atoms with Crippen LogP contribution in [-0.4, -0.2) is 41.8 Å². The zero-order valence-electron chi connectivity index (χ0n) is 10.9. The van der Waals surface area contributed by atoms with Gasteiger partial charge in [0.2, 0.25) is 6.41 Å². The molecule has 0 aliphatic carbocycles. The summed E-state index contributed by atoms with van der Waals surface area (Å²) in [6.07, 6.45) is 2.67. The first-order valence-corrected chi connectivity index (χ1v) is 7.38. The zero-order valence-corrected chi connectivity index (χ0v) is 11.7. The van der Waals surface area contributed by atoms with E-state index in [-0.39, 0.29) is 0 Å². The summed E-state index contributed by atoms with van der Waals surface area (Å²) in [5.74, 6) is 0. The van der Waals surface area contributed by atoms with Crippen molar-refractivity contribution in [2.24, 2.45) is 0 Å². The number of nitrogens with zero attached hydrogens (tertiary/aromatic N) is 2. The minimum absolute atomic E-state index is 0.802. The number of hydrogen-bond donors (Lipinski definition) is 0. The SMILES string of the molecule is O=CN1CC2=C(C1)CN(Sc1ccc3occc3c1)C2. The summed E-state index contributed by atoms with van der Waals surface area (Å²) in [7, 11) is 0. The molecule has 2 aliphatic heterocycles. The molecule has 3 heterocycles. The Morgan fingerprint density at radius 2 is 1.90 bits per heavy atom. The number of fused-ring (bicyclic) bond motifs is 1. The maximum Gasteiger partial charge on any atom is 0.210 e. The van der Waals surface area contributed by atoms with E-state index in [1.807, 2.05) is 17.0 Å². The maximum absolute atomic E-state index is 10.8. The summed E-state index contributed by atoms with van der Waals surface area (Å²) >= 11 is 1.78. The van der Waals surface area contributed by atoms with Crippen LogP contribution in [0.3, 0.4) is 0 Å². The van der Waals surface area contributed by atoms with Crippen LogP contribution in [0, 0.1) is 0 Å². The van der Waals surface area contributed by atoms with Gasteiger partial charge in [0.15, 0.2) is 0 Å². The molecule has 20 heavy (non-hydrogen) atoms. The van der Waals surface area contributed by atoms with Gasteiger partial charge >= 0.3 is 0 Å². The third-order valence-electron chi connectivity index (χ3n) is 3.83. The largest absolute Gasteiger partial charge is 0.464 e. The van der Waals surface area contributed by atoms with Crippen molar-refractivity contribution in [3.8, 4) is 0 Å². The standard InChI is InChI=1S/C15H14N2O2S/c18-10-16-6-12-8-17(9-13(12)7-16)20-14-1-2-15-11(5-14)3-4-19-15/h1-5,10H,6-9H2. The molecular weight excluding hydrogens is 272 g/mol. The Balaban J connectivity index is 1.45. The first kappa shape index (κ1) is 12.1. The van der Waals surface area contributed by atoms with Crippen molar-refractivity contribution in [2.45, 2.75) is 4.90 Å². The van der Waals surface area contributed by atoms with Gasteiger partial charge in [-0.2, -0.15) is 0 Å². The van der Waals surface area contributed by atoms with Crippen LogP contribution in [0.1, 0.15) is 0 Å². The quantitative estimate of drug-likeness (QED) is 0.493. The lowest BCUT2D eigenvalue weighted by Gasteiger charge is -2.19. The molecule has 0 N–H and O–H groups in total. The minimum atomic E-state index is 0.802. The van der Waals surface area contributed by atoms with Crippen LogP contribution in [-0.2, 0) is 4.79 Å². The molecule has 1 amide bonds. The molecular formula is C15H14N2O2S. The summed E-state index contributed by atoms with van der Waals surface area (Å²) in [6, 6.07) is 8.26. The number of hydrogen-bond acceptors (Lipinski definition) is 4.